The monoisotopic (exact) mass is 746 g/mol. The molecule has 0 aromatic rings. The van der Waals surface area contributed by atoms with Crippen molar-refractivity contribution in [2.45, 2.75) is 154 Å². The predicted molar refractivity (Wildman–Crippen MR) is 196 cm³/mol. The van der Waals surface area contributed by atoms with E-state index >= 15 is 0 Å². The van der Waals surface area contributed by atoms with Crippen molar-refractivity contribution in [2.24, 2.45) is 34.5 Å². The Hall–Kier alpha value is -2.74. The summed E-state index contributed by atoms with van der Waals surface area (Å²) in [5.41, 5.74) is -1.92. The van der Waals surface area contributed by atoms with Gasteiger partial charge in [0.1, 0.15) is 12.1 Å². The van der Waals surface area contributed by atoms with Gasteiger partial charge in [0, 0.05) is 25.7 Å². The van der Waals surface area contributed by atoms with E-state index in [0.29, 0.717) is 31.7 Å². The third kappa shape index (κ3) is 8.47. The van der Waals surface area contributed by atoms with E-state index in [1.807, 2.05) is 27.7 Å². The molecule has 5 aliphatic carbocycles. The van der Waals surface area contributed by atoms with E-state index in [4.69, 9.17) is 0 Å². The normalized spacial score (nSPS) is 28.2. The standard InChI is InChI=1S/C38H62N6O7S/c1-22(24-13-14-24)43(7)52(50,51)21-38(17-9-8-10-18-38)42-35(49)41-31(36(2,3)4)34(48)44-20-26-28(37(26,5)6)29(44)32(46)40-27(19-23-11-12-23)30(45)33(47)39-25-15-16-25/h22-29,31H,8-21H2,1-7H3,(H,39,47)(H,40,46)(H2,41,42,49)/t22-,26-,27-,28-,29-,31+/m0/s1. The lowest BCUT2D eigenvalue weighted by molar-refractivity contribution is -0.145. The molecule has 0 spiro atoms. The summed E-state index contributed by atoms with van der Waals surface area (Å²) in [5, 5.41) is 11.6. The van der Waals surface area contributed by atoms with Crippen LogP contribution in [0.25, 0.3) is 0 Å². The number of rotatable bonds is 15. The Morgan fingerprint density at radius 3 is 2.12 bits per heavy atom. The van der Waals surface area contributed by atoms with Crippen LogP contribution in [0.5, 0.6) is 0 Å². The Bertz CT molecular complexity index is 1540. The Morgan fingerprint density at radius 2 is 1.56 bits per heavy atom. The molecule has 6 aliphatic rings. The molecule has 1 heterocycles. The fraction of sp³-hybridized carbons (Fsp3) is 0.868. The molecule has 6 atom stereocenters. The summed E-state index contributed by atoms with van der Waals surface area (Å²) in [6.07, 6.45) is 9.57. The van der Waals surface area contributed by atoms with E-state index in [2.05, 4.69) is 35.1 Å². The lowest BCUT2D eigenvalue weighted by Crippen LogP contribution is -2.64. The Kier molecular flexibility index (Phi) is 10.6. The first kappa shape index (κ1) is 39.0. The van der Waals surface area contributed by atoms with Crippen LogP contribution in [0.3, 0.4) is 0 Å². The molecule has 0 bridgehead atoms. The number of amides is 5. The number of nitrogens with zero attached hydrogens (tertiary/aromatic N) is 2. The fourth-order valence-electron chi connectivity index (χ4n) is 8.97. The van der Waals surface area contributed by atoms with Crippen molar-refractivity contribution in [1.82, 2.24) is 30.5 Å². The van der Waals surface area contributed by atoms with Crippen molar-refractivity contribution in [3.8, 4) is 0 Å². The Balaban J connectivity index is 1.17. The molecule has 0 unspecified atom stereocenters. The number of hydrogen-bond donors (Lipinski definition) is 4. The topological polar surface area (TPSA) is 174 Å². The number of piperidine rings is 1. The highest BCUT2D eigenvalue weighted by Gasteiger charge is 2.70. The number of carbonyl (C=O) groups is 5. The number of fused-ring (bicyclic) bond motifs is 1. The maximum atomic E-state index is 14.6. The second-order valence-electron chi connectivity index (χ2n) is 18.8. The molecule has 0 aromatic carbocycles. The second kappa shape index (κ2) is 14.2. The summed E-state index contributed by atoms with van der Waals surface area (Å²) in [7, 11) is -2.06. The molecular weight excluding hydrogens is 685 g/mol. The van der Waals surface area contributed by atoms with Crippen LogP contribution in [0.15, 0.2) is 0 Å². The number of hydrogen-bond acceptors (Lipinski definition) is 7. The van der Waals surface area contributed by atoms with E-state index in [1.165, 1.54) is 4.31 Å². The predicted octanol–water partition coefficient (Wildman–Crippen LogP) is 3.08. The van der Waals surface area contributed by atoms with Gasteiger partial charge in [-0.1, -0.05) is 66.7 Å². The highest BCUT2D eigenvalue weighted by molar-refractivity contribution is 7.89. The largest absolute Gasteiger partial charge is 0.347 e. The molecule has 292 valence electrons. The summed E-state index contributed by atoms with van der Waals surface area (Å²) in [6, 6.07) is -3.54. The van der Waals surface area contributed by atoms with Crippen molar-refractivity contribution in [3.05, 3.63) is 0 Å². The lowest BCUT2D eigenvalue weighted by Gasteiger charge is -2.41. The molecule has 4 N–H and O–H groups in total. The summed E-state index contributed by atoms with van der Waals surface area (Å²) in [4.78, 5) is 70.3. The molecule has 14 heteroatoms. The molecule has 1 saturated heterocycles. The first-order valence-electron chi connectivity index (χ1n) is 19.7. The van der Waals surface area contributed by atoms with Crippen molar-refractivity contribution < 1.29 is 32.4 Å². The number of Topliss-reactive ketones (excluding diaryl/α,β-unsaturated/α-hetero) is 1. The highest BCUT2D eigenvalue weighted by atomic mass is 32.2. The van der Waals surface area contributed by atoms with Gasteiger partial charge in [-0.05, 0) is 86.4 Å². The minimum Gasteiger partial charge on any atom is -0.347 e. The first-order chi connectivity index (χ1) is 24.2. The minimum absolute atomic E-state index is 0.0125. The maximum Gasteiger partial charge on any atom is 0.315 e. The van der Waals surface area contributed by atoms with E-state index in [0.717, 1.165) is 57.8 Å². The van der Waals surface area contributed by atoms with Gasteiger partial charge in [0.2, 0.25) is 27.6 Å². The number of sulfonamides is 1. The van der Waals surface area contributed by atoms with Gasteiger partial charge in [0.15, 0.2) is 0 Å². The van der Waals surface area contributed by atoms with E-state index in [1.54, 1.807) is 11.9 Å². The average molecular weight is 747 g/mol. The minimum atomic E-state index is -3.69. The van der Waals surface area contributed by atoms with Crippen LogP contribution < -0.4 is 21.3 Å². The highest BCUT2D eigenvalue weighted by Crippen LogP contribution is 2.65. The molecule has 6 fully saturated rings. The lowest BCUT2D eigenvalue weighted by atomic mass is 9.83. The summed E-state index contributed by atoms with van der Waals surface area (Å²) >= 11 is 0. The second-order valence-corrected chi connectivity index (χ2v) is 20.9. The SMILES string of the molecule is C[C@@H](C1CC1)N(C)S(=O)(=O)CC1(NC(=O)N[C@H](C(=O)N2C[C@H]3[C@@H]([C@H]2C(=O)N[C@@H](CC2CC2)C(=O)C(=O)NC2CC2)C3(C)C)C(C)(C)C)CCCCC1. The van der Waals surface area contributed by atoms with Crippen LogP contribution in [0.4, 0.5) is 4.79 Å². The van der Waals surface area contributed by atoms with Crippen molar-refractivity contribution in [1.29, 1.82) is 0 Å². The fourth-order valence-corrected chi connectivity index (χ4v) is 10.9. The summed E-state index contributed by atoms with van der Waals surface area (Å²) in [6.45, 7) is 12.0. The van der Waals surface area contributed by atoms with Gasteiger partial charge in [-0.15, -0.1) is 0 Å². The van der Waals surface area contributed by atoms with Gasteiger partial charge in [-0.2, -0.15) is 0 Å². The van der Waals surface area contributed by atoms with Gasteiger partial charge >= 0.3 is 6.03 Å². The van der Waals surface area contributed by atoms with Crippen LogP contribution in [0.2, 0.25) is 0 Å². The smallest absolute Gasteiger partial charge is 0.315 e. The van der Waals surface area contributed by atoms with Crippen LogP contribution in [0.1, 0.15) is 119 Å². The van der Waals surface area contributed by atoms with Crippen LogP contribution >= 0.6 is 0 Å². The van der Waals surface area contributed by atoms with Gasteiger partial charge in [0.25, 0.3) is 5.91 Å². The third-order valence-corrected chi connectivity index (χ3v) is 15.3. The molecule has 0 radical (unpaired) electrons. The maximum absolute atomic E-state index is 14.6. The number of likely N-dealkylation sites (tertiary alicyclic amines) is 1. The number of ketones is 1. The molecule has 0 aromatic heterocycles. The van der Waals surface area contributed by atoms with E-state index in [-0.39, 0.29) is 41.0 Å². The molecule has 1 aliphatic heterocycles. The zero-order valence-corrected chi connectivity index (χ0v) is 33.1. The molecular formula is C38H62N6O7S. The zero-order valence-electron chi connectivity index (χ0n) is 32.3. The number of urea groups is 1. The third-order valence-electron chi connectivity index (χ3n) is 13.1. The average Bonchev–Trinajstić information content (AvgIpc) is 3.86. The van der Waals surface area contributed by atoms with Gasteiger partial charge in [-0.25, -0.2) is 17.5 Å². The molecule has 52 heavy (non-hydrogen) atoms. The van der Waals surface area contributed by atoms with E-state index < -0.39 is 68.6 Å². The van der Waals surface area contributed by atoms with Crippen LogP contribution in [-0.4, -0.2) is 102 Å². The molecule has 6 rings (SSSR count). The molecule has 13 nitrogen and oxygen atoms in total. The Morgan fingerprint density at radius 1 is 0.923 bits per heavy atom. The van der Waals surface area contributed by atoms with Crippen molar-refractivity contribution in [3.63, 3.8) is 0 Å². The zero-order chi connectivity index (χ0) is 38.0. The quantitative estimate of drug-likeness (QED) is 0.187. The summed E-state index contributed by atoms with van der Waals surface area (Å²) in [5.74, 6) is -1.80. The van der Waals surface area contributed by atoms with Crippen molar-refractivity contribution in [2.75, 3.05) is 19.3 Å². The van der Waals surface area contributed by atoms with Gasteiger partial charge < -0.3 is 26.2 Å². The number of nitrogens with one attached hydrogen (secondary N) is 4. The number of carbonyl (C=O) groups excluding carboxylic acids is 5. The van der Waals surface area contributed by atoms with Gasteiger partial charge in [0.05, 0.1) is 17.3 Å². The Labute approximate surface area is 309 Å². The molecule has 5 amide bonds. The first-order valence-corrected chi connectivity index (χ1v) is 21.3. The van der Waals surface area contributed by atoms with Crippen molar-refractivity contribution >= 4 is 39.6 Å². The molecule has 5 saturated carbocycles. The van der Waals surface area contributed by atoms with Crippen LogP contribution in [-0.2, 0) is 29.2 Å². The van der Waals surface area contributed by atoms with Gasteiger partial charge in [-0.3, -0.25) is 19.2 Å². The van der Waals surface area contributed by atoms with E-state index in [9.17, 15) is 32.4 Å². The van der Waals surface area contributed by atoms with Crippen LogP contribution in [0, 0.1) is 34.5 Å². The summed E-state index contributed by atoms with van der Waals surface area (Å²) < 4.78 is 28.8.